The average Bonchev–Trinajstić information content (AvgIpc) is 2.18. The molecule has 0 saturated heterocycles. The first kappa shape index (κ1) is 10.5. The van der Waals surface area contributed by atoms with Gasteiger partial charge in [0.15, 0.2) is 0 Å². The van der Waals surface area contributed by atoms with Crippen molar-refractivity contribution >= 4 is 5.97 Å². The lowest BCUT2D eigenvalue weighted by atomic mass is 10.2. The molecule has 0 aliphatic heterocycles. The highest BCUT2D eigenvalue weighted by molar-refractivity contribution is 5.66. The Hall–Kier alpha value is -1.58. The largest absolute Gasteiger partial charge is 0.481 e. The van der Waals surface area contributed by atoms with Gasteiger partial charge >= 0.3 is 5.97 Å². The van der Waals surface area contributed by atoms with Gasteiger partial charge in [0.05, 0.1) is 7.11 Å². The number of nitrogens with zero attached hydrogens (tertiary/aromatic N) is 1. The van der Waals surface area contributed by atoms with Crippen molar-refractivity contribution < 1.29 is 14.6 Å². The molecule has 4 heteroatoms. The van der Waals surface area contributed by atoms with Gasteiger partial charge < -0.3 is 9.84 Å². The van der Waals surface area contributed by atoms with Crippen molar-refractivity contribution in [3.63, 3.8) is 0 Å². The van der Waals surface area contributed by atoms with Gasteiger partial charge in [-0.2, -0.15) is 0 Å². The fourth-order valence-corrected chi connectivity index (χ4v) is 1.13. The number of methoxy groups -OCH3 is 1. The third-order valence-corrected chi connectivity index (χ3v) is 1.81. The molecule has 0 aliphatic carbocycles. The molecule has 0 spiro atoms. The van der Waals surface area contributed by atoms with Crippen molar-refractivity contribution in [2.75, 3.05) is 7.11 Å². The fourth-order valence-electron chi connectivity index (χ4n) is 1.13. The fraction of sp³-hybridized carbons (Fsp3) is 0.400. The van der Waals surface area contributed by atoms with Crippen molar-refractivity contribution in [2.45, 2.75) is 19.3 Å². The van der Waals surface area contributed by atoms with Gasteiger partial charge in [-0.3, -0.25) is 4.79 Å². The predicted molar refractivity (Wildman–Crippen MR) is 51.4 cm³/mol. The van der Waals surface area contributed by atoms with Gasteiger partial charge in [0.2, 0.25) is 5.88 Å². The van der Waals surface area contributed by atoms with Crippen LogP contribution < -0.4 is 4.74 Å². The van der Waals surface area contributed by atoms with Crippen LogP contribution in [0.1, 0.15) is 18.5 Å². The van der Waals surface area contributed by atoms with E-state index in [1.165, 1.54) is 0 Å². The summed E-state index contributed by atoms with van der Waals surface area (Å²) >= 11 is 0. The zero-order valence-corrected chi connectivity index (χ0v) is 8.06. The highest BCUT2D eigenvalue weighted by Gasteiger charge is 2.00. The van der Waals surface area contributed by atoms with Crippen LogP contribution in [0.3, 0.4) is 0 Å². The standard InChI is InChI=1S/C10H13NO3/c1-14-9-6-2-4-8(11-9)5-3-7-10(12)13/h2,4,6H,3,5,7H2,1H3,(H,12,13). The van der Waals surface area contributed by atoms with Crippen LogP contribution in [-0.2, 0) is 11.2 Å². The second-order valence-corrected chi connectivity index (χ2v) is 2.92. The van der Waals surface area contributed by atoms with Crippen molar-refractivity contribution in [1.82, 2.24) is 4.98 Å². The monoisotopic (exact) mass is 195 g/mol. The lowest BCUT2D eigenvalue weighted by Gasteiger charge is -2.01. The maximum atomic E-state index is 10.3. The van der Waals surface area contributed by atoms with E-state index in [0.717, 1.165) is 5.69 Å². The zero-order valence-electron chi connectivity index (χ0n) is 8.06. The first-order chi connectivity index (χ1) is 6.72. The molecule has 4 nitrogen and oxygen atoms in total. The number of hydrogen-bond acceptors (Lipinski definition) is 3. The third-order valence-electron chi connectivity index (χ3n) is 1.81. The number of aryl methyl sites for hydroxylation is 1. The van der Waals surface area contributed by atoms with E-state index in [4.69, 9.17) is 9.84 Å². The molecule has 76 valence electrons. The lowest BCUT2D eigenvalue weighted by molar-refractivity contribution is -0.137. The lowest BCUT2D eigenvalue weighted by Crippen LogP contribution is -1.98. The van der Waals surface area contributed by atoms with E-state index in [0.29, 0.717) is 18.7 Å². The van der Waals surface area contributed by atoms with E-state index in [-0.39, 0.29) is 6.42 Å². The number of rotatable bonds is 5. The first-order valence-electron chi connectivity index (χ1n) is 4.44. The Kier molecular flexibility index (Phi) is 3.91. The molecule has 1 heterocycles. The highest BCUT2D eigenvalue weighted by atomic mass is 16.5. The van der Waals surface area contributed by atoms with Crippen molar-refractivity contribution in [3.8, 4) is 5.88 Å². The Balaban J connectivity index is 2.46. The maximum Gasteiger partial charge on any atom is 0.303 e. The SMILES string of the molecule is COc1cccc(CCCC(=O)O)n1. The van der Waals surface area contributed by atoms with Gasteiger partial charge in [-0.05, 0) is 18.9 Å². The topological polar surface area (TPSA) is 59.4 Å². The highest BCUT2D eigenvalue weighted by Crippen LogP contribution is 2.08. The van der Waals surface area contributed by atoms with Gasteiger partial charge in [-0.25, -0.2) is 4.98 Å². The Labute approximate surface area is 82.5 Å². The number of hydrogen-bond donors (Lipinski definition) is 1. The number of ether oxygens (including phenoxy) is 1. The van der Waals surface area contributed by atoms with Crippen LogP contribution in [-0.4, -0.2) is 23.2 Å². The minimum absolute atomic E-state index is 0.179. The molecule has 0 aromatic carbocycles. The summed E-state index contributed by atoms with van der Waals surface area (Å²) in [5.74, 6) is -0.203. The van der Waals surface area contributed by atoms with Gasteiger partial charge in [0.25, 0.3) is 0 Å². The molecule has 0 amide bonds. The van der Waals surface area contributed by atoms with Crippen LogP contribution in [0.25, 0.3) is 0 Å². The third kappa shape index (κ3) is 3.43. The summed E-state index contributed by atoms with van der Waals surface area (Å²) in [4.78, 5) is 14.4. The number of carboxylic acid groups (broad SMARTS) is 1. The van der Waals surface area contributed by atoms with Crippen LogP contribution in [0.15, 0.2) is 18.2 Å². The second kappa shape index (κ2) is 5.21. The number of aromatic nitrogens is 1. The van der Waals surface area contributed by atoms with Crippen molar-refractivity contribution in [2.24, 2.45) is 0 Å². The van der Waals surface area contributed by atoms with Crippen LogP contribution in [0.5, 0.6) is 5.88 Å². The van der Waals surface area contributed by atoms with Gasteiger partial charge in [0, 0.05) is 18.2 Å². The molecule has 0 aliphatic rings. The van der Waals surface area contributed by atoms with Crippen LogP contribution >= 0.6 is 0 Å². The molecular formula is C10H13NO3. The summed E-state index contributed by atoms with van der Waals surface area (Å²) in [5.41, 5.74) is 0.866. The Morgan fingerprint density at radius 3 is 3.00 bits per heavy atom. The predicted octanol–water partition coefficient (Wildman–Crippen LogP) is 1.50. The Morgan fingerprint density at radius 2 is 2.36 bits per heavy atom. The quantitative estimate of drug-likeness (QED) is 0.773. The maximum absolute atomic E-state index is 10.3. The Bertz CT molecular complexity index is 312. The summed E-state index contributed by atoms with van der Waals surface area (Å²) in [6.45, 7) is 0. The van der Waals surface area contributed by atoms with E-state index in [2.05, 4.69) is 4.98 Å². The van der Waals surface area contributed by atoms with Crippen LogP contribution in [0.4, 0.5) is 0 Å². The van der Waals surface area contributed by atoms with E-state index in [9.17, 15) is 4.79 Å². The van der Waals surface area contributed by atoms with Gasteiger partial charge in [-0.1, -0.05) is 6.07 Å². The number of pyridine rings is 1. The Morgan fingerprint density at radius 1 is 1.57 bits per heavy atom. The van der Waals surface area contributed by atoms with E-state index < -0.39 is 5.97 Å². The van der Waals surface area contributed by atoms with E-state index in [1.54, 1.807) is 13.2 Å². The first-order valence-corrected chi connectivity index (χ1v) is 4.44. The summed E-state index contributed by atoms with van der Waals surface area (Å²) in [6, 6.07) is 5.48. The van der Waals surface area contributed by atoms with Gasteiger partial charge in [-0.15, -0.1) is 0 Å². The normalized spacial score (nSPS) is 9.79. The summed E-state index contributed by atoms with van der Waals surface area (Å²) in [6.07, 6.45) is 1.46. The molecule has 0 saturated carbocycles. The van der Waals surface area contributed by atoms with Crippen LogP contribution in [0.2, 0.25) is 0 Å². The van der Waals surface area contributed by atoms with Crippen LogP contribution in [0, 0.1) is 0 Å². The van der Waals surface area contributed by atoms with Crippen molar-refractivity contribution in [1.29, 1.82) is 0 Å². The molecule has 1 aromatic rings. The molecule has 0 radical (unpaired) electrons. The minimum Gasteiger partial charge on any atom is -0.481 e. The molecule has 0 fully saturated rings. The number of carboxylic acids is 1. The molecule has 14 heavy (non-hydrogen) atoms. The summed E-state index contributed by atoms with van der Waals surface area (Å²) < 4.78 is 4.95. The minimum atomic E-state index is -0.770. The van der Waals surface area contributed by atoms with E-state index in [1.807, 2.05) is 12.1 Å². The molecule has 0 unspecified atom stereocenters. The average molecular weight is 195 g/mol. The molecule has 0 atom stereocenters. The molecule has 1 N–H and O–H groups in total. The number of aliphatic carboxylic acids is 1. The zero-order chi connectivity index (χ0) is 10.4. The molecule has 1 rings (SSSR count). The molecule has 1 aromatic heterocycles. The second-order valence-electron chi connectivity index (χ2n) is 2.92. The summed E-state index contributed by atoms with van der Waals surface area (Å²) in [7, 11) is 1.56. The van der Waals surface area contributed by atoms with E-state index >= 15 is 0 Å². The smallest absolute Gasteiger partial charge is 0.303 e. The molecular weight excluding hydrogens is 182 g/mol. The van der Waals surface area contributed by atoms with Gasteiger partial charge in [0.1, 0.15) is 0 Å². The van der Waals surface area contributed by atoms with Crippen molar-refractivity contribution in [3.05, 3.63) is 23.9 Å². The number of carbonyl (C=O) groups is 1. The molecule has 0 bridgehead atoms. The summed E-state index contributed by atoms with van der Waals surface area (Å²) in [5, 5.41) is 8.45.